The average Bonchev–Trinajstić information content (AvgIpc) is 3.32. The topological polar surface area (TPSA) is 83.1 Å². The number of aromatic nitrogens is 3. The summed E-state index contributed by atoms with van der Waals surface area (Å²) in [5.74, 6) is 1.60. The van der Waals surface area contributed by atoms with Crippen molar-refractivity contribution in [2.24, 2.45) is 5.92 Å². The van der Waals surface area contributed by atoms with Crippen LogP contribution >= 0.6 is 0 Å². The van der Waals surface area contributed by atoms with Gasteiger partial charge in [-0.3, -0.25) is 14.9 Å². The SMILES string of the molecule is CN(C)c1cccc(OCC(=O)NCC2CCC(c3[nH]ncc3-c3ccncc3)CC2)c1. The summed E-state index contributed by atoms with van der Waals surface area (Å²) in [6, 6.07) is 11.8. The molecule has 0 bridgehead atoms. The number of pyridine rings is 1. The smallest absolute Gasteiger partial charge is 0.257 e. The van der Waals surface area contributed by atoms with Crippen molar-refractivity contribution in [2.45, 2.75) is 31.6 Å². The number of hydrogen-bond donors (Lipinski definition) is 2. The molecule has 0 unspecified atom stereocenters. The van der Waals surface area contributed by atoms with Crippen molar-refractivity contribution in [3.05, 3.63) is 60.7 Å². The standard InChI is InChI=1S/C25H31N5O2/c1-30(2)21-4-3-5-22(14-21)32-17-24(31)27-15-18-6-8-20(9-7-18)25-23(16-28-29-25)19-10-12-26-13-11-19/h3-5,10-14,16,18,20H,6-9,15,17H2,1-2H3,(H,27,31)(H,28,29). The second kappa shape index (κ2) is 10.3. The Kier molecular flexibility index (Phi) is 7.04. The number of benzene rings is 1. The molecule has 1 aromatic carbocycles. The van der Waals surface area contributed by atoms with Gasteiger partial charge < -0.3 is 15.0 Å². The number of carbonyl (C=O) groups is 1. The van der Waals surface area contributed by atoms with Gasteiger partial charge in [-0.05, 0) is 61.4 Å². The third-order valence-electron chi connectivity index (χ3n) is 6.21. The van der Waals surface area contributed by atoms with Crippen molar-refractivity contribution in [3.8, 4) is 16.9 Å². The van der Waals surface area contributed by atoms with E-state index in [-0.39, 0.29) is 12.5 Å². The van der Waals surface area contributed by atoms with E-state index in [0.717, 1.165) is 36.9 Å². The summed E-state index contributed by atoms with van der Waals surface area (Å²) in [5, 5.41) is 10.6. The lowest BCUT2D eigenvalue weighted by atomic mass is 9.79. The van der Waals surface area contributed by atoms with E-state index in [1.54, 1.807) is 0 Å². The minimum atomic E-state index is -0.0732. The number of nitrogens with one attached hydrogen (secondary N) is 2. The maximum absolute atomic E-state index is 12.3. The molecule has 0 spiro atoms. The first-order chi connectivity index (χ1) is 15.6. The highest BCUT2D eigenvalue weighted by Gasteiger charge is 2.26. The molecule has 7 nitrogen and oxygen atoms in total. The summed E-state index contributed by atoms with van der Waals surface area (Å²) >= 11 is 0. The Morgan fingerprint density at radius 1 is 1.16 bits per heavy atom. The maximum atomic E-state index is 12.3. The zero-order valence-electron chi connectivity index (χ0n) is 18.8. The van der Waals surface area contributed by atoms with Gasteiger partial charge in [-0.15, -0.1) is 0 Å². The molecule has 1 aliphatic rings. The lowest BCUT2D eigenvalue weighted by molar-refractivity contribution is -0.123. The zero-order valence-corrected chi connectivity index (χ0v) is 18.8. The number of carbonyl (C=O) groups excluding carboxylic acids is 1. The van der Waals surface area contributed by atoms with Crippen LogP contribution in [0.15, 0.2) is 55.0 Å². The number of amides is 1. The molecule has 2 N–H and O–H groups in total. The monoisotopic (exact) mass is 433 g/mol. The molecule has 0 aliphatic heterocycles. The fraction of sp³-hybridized carbons (Fsp3) is 0.400. The van der Waals surface area contributed by atoms with Crippen LogP contribution in [0.1, 0.15) is 37.3 Å². The number of hydrogen-bond acceptors (Lipinski definition) is 5. The Hall–Kier alpha value is -3.35. The fourth-order valence-electron chi connectivity index (χ4n) is 4.33. The largest absolute Gasteiger partial charge is 0.484 e. The van der Waals surface area contributed by atoms with Crippen LogP contribution in [0, 0.1) is 5.92 Å². The molecular formula is C25H31N5O2. The van der Waals surface area contributed by atoms with Gasteiger partial charge in [0.1, 0.15) is 5.75 Å². The van der Waals surface area contributed by atoms with Crippen molar-refractivity contribution in [1.29, 1.82) is 0 Å². The zero-order chi connectivity index (χ0) is 22.3. The van der Waals surface area contributed by atoms with Crippen molar-refractivity contribution in [1.82, 2.24) is 20.5 Å². The molecule has 2 heterocycles. The quantitative estimate of drug-likeness (QED) is 0.561. The molecule has 32 heavy (non-hydrogen) atoms. The molecule has 1 fully saturated rings. The summed E-state index contributed by atoms with van der Waals surface area (Å²) in [6.45, 7) is 0.739. The Morgan fingerprint density at radius 3 is 2.69 bits per heavy atom. The van der Waals surface area contributed by atoms with Crippen molar-refractivity contribution < 1.29 is 9.53 Å². The highest BCUT2D eigenvalue weighted by atomic mass is 16.5. The Bertz CT molecular complexity index is 1010. The maximum Gasteiger partial charge on any atom is 0.257 e. The van der Waals surface area contributed by atoms with Crippen LogP contribution in [0.3, 0.4) is 0 Å². The third-order valence-corrected chi connectivity index (χ3v) is 6.21. The van der Waals surface area contributed by atoms with Gasteiger partial charge in [-0.1, -0.05) is 6.07 Å². The van der Waals surface area contributed by atoms with Crippen LogP contribution in [0.25, 0.3) is 11.1 Å². The normalized spacial score (nSPS) is 18.2. The minimum Gasteiger partial charge on any atom is -0.484 e. The molecule has 168 valence electrons. The average molecular weight is 434 g/mol. The summed E-state index contributed by atoms with van der Waals surface area (Å²) in [6.07, 6.45) is 9.90. The van der Waals surface area contributed by atoms with Crippen LogP contribution in [0.4, 0.5) is 5.69 Å². The number of nitrogens with zero attached hydrogens (tertiary/aromatic N) is 3. The van der Waals surface area contributed by atoms with Crippen LogP contribution in [0.5, 0.6) is 5.75 Å². The van der Waals surface area contributed by atoms with Crippen LogP contribution in [0.2, 0.25) is 0 Å². The highest BCUT2D eigenvalue weighted by molar-refractivity contribution is 5.77. The first-order valence-corrected chi connectivity index (χ1v) is 11.2. The molecule has 0 atom stereocenters. The van der Waals surface area contributed by atoms with Crippen molar-refractivity contribution in [2.75, 3.05) is 32.1 Å². The van der Waals surface area contributed by atoms with Gasteiger partial charge >= 0.3 is 0 Å². The fourth-order valence-corrected chi connectivity index (χ4v) is 4.33. The second-order valence-corrected chi connectivity index (χ2v) is 8.64. The van der Waals surface area contributed by atoms with Crippen LogP contribution < -0.4 is 15.0 Å². The van der Waals surface area contributed by atoms with Gasteiger partial charge in [-0.2, -0.15) is 5.10 Å². The predicted molar refractivity (Wildman–Crippen MR) is 126 cm³/mol. The predicted octanol–water partition coefficient (Wildman–Crippen LogP) is 4.01. The van der Waals surface area contributed by atoms with Gasteiger partial charge in [-0.25, -0.2) is 0 Å². The molecular weight excluding hydrogens is 402 g/mol. The van der Waals surface area contributed by atoms with Gasteiger partial charge in [0, 0.05) is 62.0 Å². The van der Waals surface area contributed by atoms with Gasteiger partial charge in [0.25, 0.3) is 5.91 Å². The number of H-pyrrole nitrogens is 1. The van der Waals surface area contributed by atoms with Crippen molar-refractivity contribution in [3.63, 3.8) is 0 Å². The summed E-state index contributed by atoms with van der Waals surface area (Å²) in [4.78, 5) is 18.4. The number of aromatic amines is 1. The minimum absolute atomic E-state index is 0.0374. The molecule has 1 aliphatic carbocycles. The van der Waals surface area contributed by atoms with E-state index in [4.69, 9.17) is 4.74 Å². The molecule has 1 amide bonds. The summed E-state index contributed by atoms with van der Waals surface area (Å²) < 4.78 is 5.67. The lowest BCUT2D eigenvalue weighted by Crippen LogP contribution is -2.34. The number of rotatable bonds is 8. The first kappa shape index (κ1) is 21.9. The molecule has 0 saturated heterocycles. The van der Waals surface area contributed by atoms with E-state index in [0.29, 0.717) is 24.1 Å². The van der Waals surface area contributed by atoms with E-state index in [2.05, 4.69) is 20.5 Å². The number of anilines is 1. The van der Waals surface area contributed by atoms with E-state index in [9.17, 15) is 4.79 Å². The number of ether oxygens (including phenoxy) is 1. The third kappa shape index (κ3) is 5.46. The molecule has 0 radical (unpaired) electrons. The molecule has 2 aromatic heterocycles. The molecule has 3 aromatic rings. The lowest BCUT2D eigenvalue weighted by Gasteiger charge is -2.28. The Morgan fingerprint density at radius 2 is 1.94 bits per heavy atom. The van der Waals surface area contributed by atoms with Crippen molar-refractivity contribution >= 4 is 11.6 Å². The molecule has 7 heteroatoms. The Balaban J connectivity index is 1.22. The molecule has 4 rings (SSSR count). The summed E-state index contributed by atoms with van der Waals surface area (Å²) in [7, 11) is 3.96. The van der Waals surface area contributed by atoms with E-state index in [1.165, 1.54) is 11.3 Å². The molecule has 1 saturated carbocycles. The van der Waals surface area contributed by atoms with E-state index >= 15 is 0 Å². The van der Waals surface area contributed by atoms with Gasteiger partial charge in [0.15, 0.2) is 6.61 Å². The summed E-state index contributed by atoms with van der Waals surface area (Å²) in [5.41, 5.74) is 4.57. The second-order valence-electron chi connectivity index (χ2n) is 8.64. The van der Waals surface area contributed by atoms with Crippen LogP contribution in [-0.2, 0) is 4.79 Å². The highest BCUT2D eigenvalue weighted by Crippen LogP contribution is 2.38. The van der Waals surface area contributed by atoms with E-state index in [1.807, 2.05) is 74.0 Å². The first-order valence-electron chi connectivity index (χ1n) is 11.2. The Labute approximate surface area is 189 Å². The van der Waals surface area contributed by atoms with Gasteiger partial charge in [0.2, 0.25) is 0 Å². The van der Waals surface area contributed by atoms with Gasteiger partial charge in [0.05, 0.1) is 6.20 Å². The van der Waals surface area contributed by atoms with Crippen LogP contribution in [-0.4, -0.2) is 48.3 Å². The van der Waals surface area contributed by atoms with E-state index < -0.39 is 0 Å².